The molecule has 1 fully saturated rings. The van der Waals surface area contributed by atoms with E-state index in [1.54, 1.807) is 0 Å². The molecule has 1 rings (SSSR count). The van der Waals surface area contributed by atoms with Crippen LogP contribution in [0.4, 0.5) is 4.39 Å². The molecule has 0 aromatic heterocycles. The van der Waals surface area contributed by atoms with Gasteiger partial charge < -0.3 is 5.32 Å². The summed E-state index contributed by atoms with van der Waals surface area (Å²) < 4.78 is 15.6. The first-order chi connectivity index (χ1) is 14.2. The van der Waals surface area contributed by atoms with Gasteiger partial charge in [-0.2, -0.15) is 0 Å². The summed E-state index contributed by atoms with van der Waals surface area (Å²) in [5.74, 6) is 3.46. The molecular formula is C28H54FN. The molecule has 1 aliphatic rings. The zero-order chi connectivity index (χ0) is 22.7. The Bertz CT molecular complexity index is 460. The predicted molar refractivity (Wildman–Crippen MR) is 133 cm³/mol. The highest BCUT2D eigenvalue weighted by Crippen LogP contribution is 2.45. The van der Waals surface area contributed by atoms with Gasteiger partial charge in [-0.25, -0.2) is 4.39 Å². The highest BCUT2D eigenvalue weighted by molar-refractivity contribution is 4.93. The van der Waals surface area contributed by atoms with E-state index in [1.165, 1.54) is 44.9 Å². The quantitative estimate of drug-likeness (QED) is 0.245. The molecule has 0 aliphatic heterocycles. The zero-order valence-electron chi connectivity index (χ0n) is 21.5. The summed E-state index contributed by atoms with van der Waals surface area (Å²) in [4.78, 5) is 0. The van der Waals surface area contributed by atoms with Gasteiger partial charge in [0.1, 0.15) is 5.67 Å². The maximum absolute atomic E-state index is 15.6. The summed E-state index contributed by atoms with van der Waals surface area (Å²) in [6.07, 6.45) is 13.8. The Kier molecular flexibility index (Phi) is 12.8. The predicted octanol–water partition coefficient (Wildman–Crippen LogP) is 8.59. The molecule has 8 unspecified atom stereocenters. The summed E-state index contributed by atoms with van der Waals surface area (Å²) in [5.41, 5.74) is -1.05. The molecule has 1 nitrogen and oxygen atoms in total. The Balaban J connectivity index is 2.65. The third kappa shape index (κ3) is 9.01. The number of alkyl halides is 1. The number of halogens is 1. The maximum Gasteiger partial charge on any atom is 0.111 e. The Hall–Kier alpha value is -0.370. The van der Waals surface area contributed by atoms with E-state index >= 15 is 4.39 Å². The van der Waals surface area contributed by atoms with E-state index in [0.29, 0.717) is 30.2 Å². The van der Waals surface area contributed by atoms with Crippen LogP contribution >= 0.6 is 0 Å². The SMILES string of the molecule is C=CC(C)CC(C)CCCC(C)NCC(C1CCCC1C)C(CCC)C(C)(F)CC. The van der Waals surface area contributed by atoms with Crippen LogP contribution in [-0.2, 0) is 0 Å². The van der Waals surface area contributed by atoms with E-state index in [2.05, 4.69) is 52.6 Å². The molecule has 0 heterocycles. The van der Waals surface area contributed by atoms with E-state index in [1.807, 2.05) is 13.8 Å². The molecule has 1 saturated carbocycles. The lowest BCUT2D eigenvalue weighted by Gasteiger charge is -2.41. The van der Waals surface area contributed by atoms with Gasteiger partial charge in [0.15, 0.2) is 0 Å². The standard InChI is InChI=1S/C28H54FN/c1-9-14-27(28(8,29)11-3)26(25-18-13-16-23(25)6)20-30-24(7)17-12-15-22(5)19-21(4)10-2/h10,21-27,30H,2,9,11-20H2,1,3-8H3. The lowest BCUT2D eigenvalue weighted by molar-refractivity contribution is 0.0190. The molecule has 0 saturated heterocycles. The second-order valence-electron chi connectivity index (χ2n) is 11.1. The van der Waals surface area contributed by atoms with E-state index < -0.39 is 5.67 Å². The molecule has 0 radical (unpaired) electrons. The highest BCUT2D eigenvalue weighted by atomic mass is 19.1. The average Bonchev–Trinajstić information content (AvgIpc) is 3.12. The van der Waals surface area contributed by atoms with Gasteiger partial charge in [0, 0.05) is 6.04 Å². The molecule has 2 heteroatoms. The molecule has 178 valence electrons. The maximum atomic E-state index is 15.6. The number of rotatable bonds is 16. The van der Waals surface area contributed by atoms with Crippen molar-refractivity contribution in [2.75, 3.05) is 6.54 Å². The number of hydrogen-bond donors (Lipinski definition) is 1. The van der Waals surface area contributed by atoms with Crippen LogP contribution in [0.1, 0.15) is 113 Å². The summed E-state index contributed by atoms with van der Waals surface area (Å²) >= 11 is 0. The van der Waals surface area contributed by atoms with E-state index in [0.717, 1.165) is 31.2 Å². The smallest absolute Gasteiger partial charge is 0.111 e. The van der Waals surface area contributed by atoms with Crippen LogP contribution in [0.15, 0.2) is 12.7 Å². The summed E-state index contributed by atoms with van der Waals surface area (Å²) in [6, 6.07) is 0.517. The molecule has 30 heavy (non-hydrogen) atoms. The monoisotopic (exact) mass is 423 g/mol. The van der Waals surface area contributed by atoms with E-state index in [9.17, 15) is 0 Å². The second kappa shape index (κ2) is 13.9. The topological polar surface area (TPSA) is 12.0 Å². The van der Waals surface area contributed by atoms with Crippen molar-refractivity contribution in [1.29, 1.82) is 0 Å². The Morgan fingerprint density at radius 1 is 1.13 bits per heavy atom. The molecule has 0 aromatic carbocycles. The van der Waals surface area contributed by atoms with Gasteiger partial charge in [-0.05, 0) is 88.0 Å². The average molecular weight is 424 g/mol. The third-order valence-electron chi connectivity index (χ3n) is 8.27. The van der Waals surface area contributed by atoms with Crippen molar-refractivity contribution in [2.24, 2.45) is 35.5 Å². The van der Waals surface area contributed by atoms with Crippen LogP contribution in [0.25, 0.3) is 0 Å². The Labute approximate surface area is 189 Å². The highest BCUT2D eigenvalue weighted by Gasteiger charge is 2.43. The van der Waals surface area contributed by atoms with Crippen molar-refractivity contribution < 1.29 is 4.39 Å². The summed E-state index contributed by atoms with van der Waals surface area (Å²) in [7, 11) is 0. The van der Waals surface area contributed by atoms with Crippen molar-refractivity contribution in [3.05, 3.63) is 12.7 Å². The van der Waals surface area contributed by atoms with Crippen LogP contribution in [0.2, 0.25) is 0 Å². The van der Waals surface area contributed by atoms with Gasteiger partial charge in [-0.3, -0.25) is 0 Å². The Morgan fingerprint density at radius 2 is 1.83 bits per heavy atom. The van der Waals surface area contributed by atoms with Crippen LogP contribution < -0.4 is 5.32 Å². The van der Waals surface area contributed by atoms with Crippen molar-refractivity contribution in [3.63, 3.8) is 0 Å². The van der Waals surface area contributed by atoms with Crippen molar-refractivity contribution >= 4 is 0 Å². The first-order valence-electron chi connectivity index (χ1n) is 13.2. The van der Waals surface area contributed by atoms with Crippen LogP contribution in [0.3, 0.4) is 0 Å². The molecule has 0 amide bonds. The summed E-state index contributed by atoms with van der Waals surface area (Å²) in [5, 5.41) is 3.86. The van der Waals surface area contributed by atoms with Crippen molar-refractivity contribution in [3.8, 4) is 0 Å². The molecule has 1 N–H and O–H groups in total. The zero-order valence-corrected chi connectivity index (χ0v) is 21.5. The molecule has 0 bridgehead atoms. The molecule has 1 aliphatic carbocycles. The number of nitrogens with one attached hydrogen (secondary N) is 1. The van der Waals surface area contributed by atoms with Crippen molar-refractivity contribution in [2.45, 2.75) is 124 Å². The first-order valence-corrected chi connectivity index (χ1v) is 13.2. The minimum absolute atomic E-state index is 0.179. The van der Waals surface area contributed by atoms with Gasteiger partial charge in [-0.1, -0.05) is 72.8 Å². The molecule has 0 spiro atoms. The van der Waals surface area contributed by atoms with Gasteiger partial charge in [0.2, 0.25) is 0 Å². The largest absolute Gasteiger partial charge is 0.314 e. The van der Waals surface area contributed by atoms with Crippen LogP contribution in [0, 0.1) is 35.5 Å². The van der Waals surface area contributed by atoms with Gasteiger partial charge >= 0.3 is 0 Å². The van der Waals surface area contributed by atoms with Gasteiger partial charge in [0.25, 0.3) is 0 Å². The van der Waals surface area contributed by atoms with Crippen LogP contribution in [0.5, 0.6) is 0 Å². The minimum atomic E-state index is -1.05. The lowest BCUT2D eigenvalue weighted by Crippen LogP contribution is -2.45. The normalized spacial score (nSPS) is 26.5. The third-order valence-corrected chi connectivity index (χ3v) is 8.27. The fourth-order valence-electron chi connectivity index (χ4n) is 6.00. The second-order valence-corrected chi connectivity index (χ2v) is 11.1. The fourth-order valence-corrected chi connectivity index (χ4v) is 6.00. The molecular weight excluding hydrogens is 369 g/mol. The van der Waals surface area contributed by atoms with Crippen LogP contribution in [-0.4, -0.2) is 18.3 Å². The van der Waals surface area contributed by atoms with E-state index in [-0.39, 0.29) is 5.92 Å². The summed E-state index contributed by atoms with van der Waals surface area (Å²) in [6.45, 7) is 20.4. The first kappa shape index (κ1) is 27.7. The van der Waals surface area contributed by atoms with Gasteiger partial charge in [0.05, 0.1) is 0 Å². The van der Waals surface area contributed by atoms with E-state index in [4.69, 9.17) is 0 Å². The van der Waals surface area contributed by atoms with Gasteiger partial charge in [-0.15, -0.1) is 6.58 Å². The lowest BCUT2D eigenvalue weighted by atomic mass is 9.68. The molecule has 0 aromatic rings. The van der Waals surface area contributed by atoms with Crippen molar-refractivity contribution in [1.82, 2.24) is 5.32 Å². The fraction of sp³-hybridized carbons (Fsp3) is 0.929. The number of allylic oxidation sites excluding steroid dienone is 1. The molecule has 8 atom stereocenters. The Morgan fingerprint density at radius 3 is 2.37 bits per heavy atom. The number of hydrogen-bond acceptors (Lipinski definition) is 1. The minimum Gasteiger partial charge on any atom is -0.314 e.